The molecule has 0 aromatic heterocycles. The maximum absolute atomic E-state index is 6.71. The monoisotopic (exact) mass is 1120 g/mol. The molecule has 3 aromatic rings. The van der Waals surface area contributed by atoms with E-state index in [4.69, 9.17) is 14.2 Å². The normalized spacial score (nSPS) is 12.3. The molecule has 3 rings (SSSR count). The summed E-state index contributed by atoms with van der Waals surface area (Å²) in [6.45, 7) is 32.1. The van der Waals surface area contributed by atoms with E-state index in [1.165, 1.54) is 202 Å². The van der Waals surface area contributed by atoms with Gasteiger partial charge in [0.25, 0.3) is 0 Å². The Kier molecular flexibility index (Phi) is 36.2. The third kappa shape index (κ3) is 29.0. The van der Waals surface area contributed by atoms with Crippen LogP contribution in [0.4, 0.5) is 0 Å². The molecule has 0 spiro atoms. The van der Waals surface area contributed by atoms with Crippen LogP contribution in [0.3, 0.4) is 0 Å². The highest BCUT2D eigenvalue weighted by Gasteiger charge is 2.33. The largest absolute Gasteiger partial charge is 0.493 e. The van der Waals surface area contributed by atoms with Crippen molar-refractivity contribution < 1.29 is 14.2 Å². The van der Waals surface area contributed by atoms with Crippen LogP contribution in [0, 0.1) is 0 Å². The molecule has 0 bridgehead atoms. The third-order valence-electron chi connectivity index (χ3n) is 16.6. The minimum Gasteiger partial charge on any atom is -0.493 e. The Labute approximate surface area is 479 Å². The molecule has 76 heavy (non-hydrogen) atoms. The molecule has 0 aliphatic heterocycles. The highest BCUT2D eigenvalue weighted by atomic mass is 32.2. The van der Waals surface area contributed by atoms with E-state index in [0.717, 1.165) is 94.9 Å². The average Bonchev–Trinajstić information content (AvgIpc) is 3.39. The standard InChI is InChI=1S/C69H123O3SSi3/c1-13-19-25-28-31-34-52-74(7,8)55-37-40-61-58-64(43-46-67(61)70-49-22-16-4)73(65-44-47-68(71-50-23-17-5)62(59-65)41-38-56-75(9,10)53-35-32-29-26-20-14-2)66-45-48-69(72-51-24-18-6)63(60-66)42-39-57-76(11,12)54-36-33-30-27-21-15-3/h43-48,58-60H,13-42,49-57H2,1-12H3/q+1. The summed E-state index contributed by atoms with van der Waals surface area (Å²) in [7, 11) is -4.21. The van der Waals surface area contributed by atoms with E-state index >= 15 is 0 Å². The molecule has 434 valence electrons. The van der Waals surface area contributed by atoms with E-state index in [0.29, 0.717) is 0 Å². The van der Waals surface area contributed by atoms with Crippen molar-refractivity contribution in [3.8, 4) is 17.2 Å². The van der Waals surface area contributed by atoms with Crippen molar-refractivity contribution in [1.29, 1.82) is 0 Å². The van der Waals surface area contributed by atoms with Gasteiger partial charge in [-0.2, -0.15) is 0 Å². The summed E-state index contributed by atoms with van der Waals surface area (Å²) in [5.41, 5.74) is 4.22. The van der Waals surface area contributed by atoms with E-state index in [1.807, 2.05) is 0 Å². The van der Waals surface area contributed by atoms with Crippen LogP contribution in [0.1, 0.15) is 232 Å². The Morgan fingerprint density at radius 3 is 0.789 bits per heavy atom. The van der Waals surface area contributed by atoms with Crippen LogP contribution in [0.2, 0.25) is 75.5 Å². The summed E-state index contributed by atoms with van der Waals surface area (Å²) in [4.78, 5) is 4.24. The lowest BCUT2D eigenvalue weighted by atomic mass is 10.1. The van der Waals surface area contributed by atoms with Crippen LogP contribution in [0.25, 0.3) is 0 Å². The molecular formula is C69H123O3SSi3+. The van der Waals surface area contributed by atoms with Gasteiger partial charge in [-0.15, -0.1) is 0 Å². The van der Waals surface area contributed by atoms with Gasteiger partial charge < -0.3 is 14.2 Å². The van der Waals surface area contributed by atoms with Crippen LogP contribution in [0.5, 0.6) is 17.2 Å². The quantitative estimate of drug-likeness (QED) is 0.0320. The minimum absolute atomic E-state index is 0.325. The van der Waals surface area contributed by atoms with E-state index < -0.39 is 24.2 Å². The molecule has 3 nitrogen and oxygen atoms in total. The molecule has 7 heteroatoms. The van der Waals surface area contributed by atoms with Gasteiger partial charge in [-0.3, -0.25) is 0 Å². The van der Waals surface area contributed by atoms with Gasteiger partial charge >= 0.3 is 0 Å². The molecule has 0 saturated heterocycles. The summed E-state index contributed by atoms with van der Waals surface area (Å²) in [6.07, 6.45) is 38.8. The van der Waals surface area contributed by atoms with E-state index in [9.17, 15) is 0 Å². The lowest BCUT2D eigenvalue weighted by molar-refractivity contribution is 0.306. The minimum atomic E-state index is -1.29. The third-order valence-corrected chi connectivity index (χ3v) is 29.0. The molecule has 0 unspecified atom stereocenters. The number of aryl methyl sites for hydroxylation is 3. The highest BCUT2D eigenvalue weighted by molar-refractivity contribution is 7.97. The van der Waals surface area contributed by atoms with E-state index in [-0.39, 0.29) is 10.9 Å². The van der Waals surface area contributed by atoms with Crippen LogP contribution in [-0.2, 0) is 30.2 Å². The van der Waals surface area contributed by atoms with Gasteiger partial charge in [0.05, 0.1) is 30.7 Å². The SMILES string of the molecule is CCCCCCCC[Si](C)(C)CCCc1cc([S+](c2ccc(OCCCC)c(CCC[Si](C)(C)CCCCCCCC)c2)c2ccc(OCCCC)c(CCC[Si](C)(C)CCCCCCCC)c2)ccc1OCCCC. The fourth-order valence-corrected chi connectivity index (χ4v) is 21.2. The van der Waals surface area contributed by atoms with E-state index in [2.05, 4.69) is 135 Å². The van der Waals surface area contributed by atoms with Gasteiger partial charge in [-0.1, -0.05) is 271 Å². The first-order chi connectivity index (χ1) is 36.7. The van der Waals surface area contributed by atoms with Crippen molar-refractivity contribution in [2.24, 2.45) is 0 Å². The smallest absolute Gasteiger partial charge is 0.167 e. The molecular weight excluding hydrogens is 993 g/mol. The van der Waals surface area contributed by atoms with Crippen molar-refractivity contribution in [3.63, 3.8) is 0 Å². The summed E-state index contributed by atoms with van der Waals surface area (Å²) < 4.78 is 20.1. The lowest BCUT2D eigenvalue weighted by Crippen LogP contribution is -2.24. The Balaban J connectivity index is 2.12. The first-order valence-corrected chi connectivity index (χ1v) is 44.2. The molecule has 0 atom stereocenters. The number of hydrogen-bond acceptors (Lipinski definition) is 3. The Morgan fingerprint density at radius 2 is 0.526 bits per heavy atom. The predicted octanol–water partition coefficient (Wildman–Crippen LogP) is 23.3. The van der Waals surface area contributed by atoms with Crippen molar-refractivity contribution >= 4 is 35.1 Å². The second-order valence-corrected chi connectivity index (χ2v) is 43.8. The van der Waals surface area contributed by atoms with Gasteiger partial charge in [0, 0.05) is 42.4 Å². The molecule has 0 aliphatic carbocycles. The summed E-state index contributed by atoms with van der Waals surface area (Å²) in [5.74, 6) is 3.33. The maximum atomic E-state index is 6.71. The molecule has 0 aliphatic rings. The molecule has 0 radical (unpaired) electrons. The lowest BCUT2D eigenvalue weighted by Gasteiger charge is -2.23. The highest BCUT2D eigenvalue weighted by Crippen LogP contribution is 2.40. The van der Waals surface area contributed by atoms with Gasteiger partial charge in [0.1, 0.15) is 17.2 Å². The van der Waals surface area contributed by atoms with E-state index in [1.54, 1.807) is 0 Å². The first kappa shape index (κ1) is 68.3. The van der Waals surface area contributed by atoms with Crippen molar-refractivity contribution in [1.82, 2.24) is 0 Å². The number of benzene rings is 3. The second-order valence-electron chi connectivity index (χ2n) is 25.8. The Morgan fingerprint density at radius 1 is 0.289 bits per heavy atom. The Bertz CT molecular complexity index is 1710. The zero-order valence-electron chi connectivity index (χ0n) is 52.4. The maximum Gasteiger partial charge on any atom is 0.167 e. The molecule has 0 heterocycles. The second kappa shape index (κ2) is 40.3. The van der Waals surface area contributed by atoms with Crippen LogP contribution >= 0.6 is 0 Å². The van der Waals surface area contributed by atoms with Gasteiger partial charge in [0.2, 0.25) is 0 Å². The van der Waals surface area contributed by atoms with Crippen molar-refractivity contribution in [2.45, 2.75) is 324 Å². The molecule has 0 saturated carbocycles. The molecule has 0 fully saturated rings. The average molecular weight is 1120 g/mol. The van der Waals surface area contributed by atoms with Crippen LogP contribution in [0.15, 0.2) is 69.3 Å². The van der Waals surface area contributed by atoms with Gasteiger partial charge in [0.15, 0.2) is 14.7 Å². The summed E-state index contributed by atoms with van der Waals surface area (Å²) >= 11 is 0. The first-order valence-electron chi connectivity index (χ1n) is 32.7. The molecule has 3 aromatic carbocycles. The predicted molar refractivity (Wildman–Crippen MR) is 349 cm³/mol. The fraction of sp³-hybridized carbons (Fsp3) is 0.739. The Hall–Kier alpha value is -1.94. The number of rotatable bonds is 48. The number of hydrogen-bond donors (Lipinski definition) is 0. The fourth-order valence-electron chi connectivity index (χ4n) is 11.2. The number of unbranched alkanes of at least 4 members (excludes halogenated alkanes) is 18. The molecule has 0 N–H and O–H groups in total. The zero-order chi connectivity index (χ0) is 55.3. The molecule has 0 amide bonds. The summed E-state index contributed by atoms with van der Waals surface area (Å²) in [6, 6.07) is 30.7. The van der Waals surface area contributed by atoms with Crippen molar-refractivity contribution in [3.05, 3.63) is 71.3 Å². The van der Waals surface area contributed by atoms with Gasteiger partial charge in [-0.05, 0) is 91.6 Å². The van der Waals surface area contributed by atoms with Crippen LogP contribution in [-0.4, -0.2) is 44.0 Å². The number of ether oxygens (including phenoxy) is 3. The van der Waals surface area contributed by atoms with Crippen molar-refractivity contribution in [2.75, 3.05) is 19.8 Å². The summed E-state index contributed by atoms with van der Waals surface area (Å²) in [5, 5.41) is 0. The topological polar surface area (TPSA) is 27.7 Å². The zero-order valence-corrected chi connectivity index (χ0v) is 56.2. The van der Waals surface area contributed by atoms with Gasteiger partial charge in [-0.25, -0.2) is 0 Å². The van der Waals surface area contributed by atoms with Crippen LogP contribution < -0.4 is 14.2 Å².